The Morgan fingerprint density at radius 3 is 2.43 bits per heavy atom. The molecule has 1 aromatic carbocycles. The third-order valence-electron chi connectivity index (χ3n) is 4.49. The van der Waals surface area contributed by atoms with Crippen molar-refractivity contribution < 1.29 is 0 Å². The van der Waals surface area contributed by atoms with E-state index in [0.717, 1.165) is 24.1 Å². The number of fused-ring (bicyclic) bond motifs is 3. The maximum absolute atomic E-state index is 5.90. The largest absolute Gasteiger partial charge is 0.355 e. The molecule has 3 heterocycles. The van der Waals surface area contributed by atoms with E-state index in [9.17, 15) is 0 Å². The summed E-state index contributed by atoms with van der Waals surface area (Å²) in [5.74, 6) is 0.854. The van der Waals surface area contributed by atoms with Crippen LogP contribution in [-0.4, -0.2) is 68.1 Å². The number of benzene rings is 1. The van der Waals surface area contributed by atoms with Crippen LogP contribution in [0.3, 0.4) is 0 Å². The molecule has 0 aromatic heterocycles. The first-order valence-corrected chi connectivity index (χ1v) is 8.28. The van der Waals surface area contributed by atoms with Gasteiger partial charge in [0.2, 0.25) is 0 Å². The Morgan fingerprint density at radius 1 is 1.17 bits per heavy atom. The van der Waals surface area contributed by atoms with Gasteiger partial charge in [0.1, 0.15) is 0 Å². The molecule has 23 heavy (non-hydrogen) atoms. The van der Waals surface area contributed by atoms with E-state index < -0.39 is 0 Å². The lowest BCUT2D eigenvalue weighted by molar-refractivity contribution is 0.0154. The van der Waals surface area contributed by atoms with Crippen LogP contribution in [0.2, 0.25) is 5.02 Å². The maximum atomic E-state index is 5.90. The Labute approximate surface area is 160 Å². The van der Waals surface area contributed by atoms with Crippen LogP contribution in [0.4, 0.5) is 0 Å². The van der Waals surface area contributed by atoms with Crippen molar-refractivity contribution in [1.29, 1.82) is 0 Å². The summed E-state index contributed by atoms with van der Waals surface area (Å²) >= 11 is 5.90. The number of hydrogen-bond acceptors (Lipinski definition) is 3. The van der Waals surface area contributed by atoms with Gasteiger partial charge in [0.15, 0.2) is 5.96 Å². The minimum Gasteiger partial charge on any atom is -0.355 e. The molecule has 0 spiro atoms. The first kappa shape index (κ1) is 18.8. The lowest BCUT2D eigenvalue weighted by Gasteiger charge is -2.47. The molecule has 0 amide bonds. The molecular weight excluding hydrogens is 425 g/mol. The van der Waals surface area contributed by atoms with E-state index in [4.69, 9.17) is 11.6 Å². The van der Waals surface area contributed by atoms with Crippen LogP contribution in [-0.2, 0) is 6.54 Å². The molecule has 0 radical (unpaired) electrons. The highest BCUT2D eigenvalue weighted by atomic mass is 127. The van der Waals surface area contributed by atoms with Crippen molar-refractivity contribution in [2.24, 2.45) is 4.99 Å². The molecule has 3 saturated heterocycles. The lowest BCUT2D eigenvalue weighted by Crippen LogP contribution is -2.63. The zero-order valence-corrected chi connectivity index (χ0v) is 16.6. The highest BCUT2D eigenvalue weighted by Gasteiger charge is 2.31. The van der Waals surface area contributed by atoms with Crippen molar-refractivity contribution in [3.63, 3.8) is 0 Å². The number of piperazine rings is 3. The van der Waals surface area contributed by atoms with Crippen molar-refractivity contribution in [3.8, 4) is 0 Å². The highest BCUT2D eigenvalue weighted by Crippen LogP contribution is 2.14. The summed E-state index contributed by atoms with van der Waals surface area (Å²) in [5.41, 5.74) is 1.19. The summed E-state index contributed by atoms with van der Waals surface area (Å²) in [7, 11) is 1.81. The van der Waals surface area contributed by atoms with Gasteiger partial charge in [0.05, 0.1) is 0 Å². The van der Waals surface area contributed by atoms with E-state index in [1.165, 1.54) is 38.3 Å². The zero-order chi connectivity index (χ0) is 15.4. The second kappa shape index (κ2) is 9.05. The summed E-state index contributed by atoms with van der Waals surface area (Å²) < 4.78 is 0. The Balaban J connectivity index is 0.00000192. The quantitative estimate of drug-likeness (QED) is 0.417. The molecule has 0 saturated carbocycles. The smallest absolute Gasteiger partial charge is 0.191 e. The number of nitrogens with one attached hydrogen (secondary N) is 2. The molecule has 2 N–H and O–H groups in total. The predicted octanol–water partition coefficient (Wildman–Crippen LogP) is 1.62. The minimum absolute atomic E-state index is 0. The van der Waals surface area contributed by atoms with Crippen LogP contribution in [0.15, 0.2) is 29.3 Å². The molecule has 5 nitrogen and oxygen atoms in total. The van der Waals surface area contributed by atoms with Gasteiger partial charge in [0, 0.05) is 63.9 Å². The van der Waals surface area contributed by atoms with Crippen LogP contribution < -0.4 is 10.6 Å². The summed E-state index contributed by atoms with van der Waals surface area (Å²) in [6.07, 6.45) is 0. The zero-order valence-electron chi connectivity index (χ0n) is 13.5. The van der Waals surface area contributed by atoms with E-state index in [2.05, 4.69) is 25.4 Å². The molecule has 4 rings (SSSR count). The summed E-state index contributed by atoms with van der Waals surface area (Å²) in [6, 6.07) is 8.48. The molecule has 0 aliphatic carbocycles. The second-order valence-electron chi connectivity index (χ2n) is 5.92. The predicted molar refractivity (Wildman–Crippen MR) is 107 cm³/mol. The Bertz CT molecular complexity index is 514. The van der Waals surface area contributed by atoms with Crippen LogP contribution >= 0.6 is 35.6 Å². The number of rotatable bonds is 4. The molecule has 128 valence electrons. The van der Waals surface area contributed by atoms with Gasteiger partial charge >= 0.3 is 0 Å². The third-order valence-corrected chi connectivity index (χ3v) is 4.75. The lowest BCUT2D eigenvalue weighted by atomic mass is 10.1. The highest BCUT2D eigenvalue weighted by molar-refractivity contribution is 14.0. The van der Waals surface area contributed by atoms with Crippen molar-refractivity contribution in [2.45, 2.75) is 12.6 Å². The van der Waals surface area contributed by atoms with Gasteiger partial charge < -0.3 is 10.6 Å². The number of hydrogen-bond donors (Lipinski definition) is 2. The van der Waals surface area contributed by atoms with Gasteiger partial charge in [-0.25, -0.2) is 0 Å². The Hall–Kier alpha value is -0.570. The van der Waals surface area contributed by atoms with Gasteiger partial charge in [-0.3, -0.25) is 14.8 Å². The van der Waals surface area contributed by atoms with E-state index >= 15 is 0 Å². The van der Waals surface area contributed by atoms with Crippen molar-refractivity contribution in [2.75, 3.05) is 46.3 Å². The average molecular weight is 450 g/mol. The average Bonchev–Trinajstić information content (AvgIpc) is 2.58. The Kier molecular flexibility index (Phi) is 7.39. The van der Waals surface area contributed by atoms with Crippen LogP contribution in [0.25, 0.3) is 0 Å². The van der Waals surface area contributed by atoms with Crippen molar-refractivity contribution in [3.05, 3.63) is 34.9 Å². The normalized spacial score (nSPS) is 26.5. The molecule has 3 aliphatic heterocycles. The summed E-state index contributed by atoms with van der Waals surface area (Å²) in [6.45, 7) is 7.70. The van der Waals surface area contributed by atoms with Crippen LogP contribution in [0.5, 0.6) is 0 Å². The van der Waals surface area contributed by atoms with E-state index in [1.54, 1.807) is 0 Å². The molecule has 2 bridgehead atoms. The van der Waals surface area contributed by atoms with Crippen LogP contribution in [0, 0.1) is 0 Å². The number of halogens is 2. The fourth-order valence-electron chi connectivity index (χ4n) is 3.14. The van der Waals surface area contributed by atoms with E-state index in [1.807, 2.05) is 31.3 Å². The number of guanidine groups is 1. The second-order valence-corrected chi connectivity index (χ2v) is 6.36. The fourth-order valence-corrected chi connectivity index (χ4v) is 3.27. The SMILES string of the molecule is CN=C(NCc1ccc(Cl)cc1)NCC1CN2CCN1CC2.I. The fraction of sp³-hybridized carbons (Fsp3) is 0.562. The van der Waals surface area contributed by atoms with Gasteiger partial charge in [-0.05, 0) is 17.7 Å². The molecule has 1 unspecified atom stereocenters. The van der Waals surface area contributed by atoms with Crippen LogP contribution in [0.1, 0.15) is 5.56 Å². The van der Waals surface area contributed by atoms with Crippen molar-refractivity contribution in [1.82, 2.24) is 20.4 Å². The maximum Gasteiger partial charge on any atom is 0.191 e. The first-order chi connectivity index (χ1) is 10.7. The molecule has 1 atom stereocenters. The number of aliphatic imine (C=N–C) groups is 1. The van der Waals surface area contributed by atoms with E-state index in [0.29, 0.717) is 6.04 Å². The standard InChI is InChI=1S/C16H24ClN5.HI/c1-18-16(19-10-13-2-4-14(17)5-3-13)20-11-15-12-21-6-8-22(15)9-7-21;/h2-5,15H,6-12H2,1H3,(H2,18,19,20);1H. The topological polar surface area (TPSA) is 42.9 Å². The minimum atomic E-state index is 0. The molecule has 1 aromatic rings. The third kappa shape index (κ3) is 5.20. The summed E-state index contributed by atoms with van der Waals surface area (Å²) in [4.78, 5) is 9.44. The first-order valence-electron chi connectivity index (χ1n) is 7.90. The molecular formula is C16H25ClIN5. The molecule has 7 heteroatoms. The van der Waals surface area contributed by atoms with Gasteiger partial charge in [0.25, 0.3) is 0 Å². The monoisotopic (exact) mass is 449 g/mol. The van der Waals surface area contributed by atoms with Crippen molar-refractivity contribution >= 4 is 41.5 Å². The van der Waals surface area contributed by atoms with Gasteiger partial charge in [-0.1, -0.05) is 23.7 Å². The van der Waals surface area contributed by atoms with E-state index in [-0.39, 0.29) is 24.0 Å². The number of nitrogens with zero attached hydrogens (tertiary/aromatic N) is 3. The molecule has 3 fully saturated rings. The summed E-state index contributed by atoms with van der Waals surface area (Å²) in [5, 5.41) is 7.57. The van der Waals surface area contributed by atoms with Gasteiger partial charge in [-0.2, -0.15) is 0 Å². The van der Waals surface area contributed by atoms with Gasteiger partial charge in [-0.15, -0.1) is 24.0 Å². The Morgan fingerprint density at radius 2 is 1.87 bits per heavy atom. The molecule has 3 aliphatic rings.